The number of carbonyl (C=O) groups is 2. The van der Waals surface area contributed by atoms with Gasteiger partial charge in [0.2, 0.25) is 0 Å². The van der Waals surface area contributed by atoms with Gasteiger partial charge in [0, 0.05) is 30.7 Å². The van der Waals surface area contributed by atoms with Crippen LogP contribution in [0.4, 0.5) is 5.69 Å². The molecule has 3 rings (SSSR count). The van der Waals surface area contributed by atoms with Crippen LogP contribution in [0.1, 0.15) is 18.4 Å². The number of carbonyl (C=O) groups excluding carboxylic acids is 1. The number of benzene rings is 1. The largest absolute Gasteiger partial charge is 0.480 e. The lowest BCUT2D eigenvalue weighted by Crippen LogP contribution is -2.17. The Hall–Kier alpha value is -1.58. The summed E-state index contributed by atoms with van der Waals surface area (Å²) < 4.78 is 1.04. The summed E-state index contributed by atoms with van der Waals surface area (Å²) in [5.41, 5.74) is 1.90. The third kappa shape index (κ3) is 4.74. The van der Waals surface area contributed by atoms with Gasteiger partial charge in [-0.3, -0.25) is 9.79 Å². The minimum atomic E-state index is -0.891. The molecule has 0 bridgehead atoms. The Balaban J connectivity index is 1.65. The van der Waals surface area contributed by atoms with Crippen molar-refractivity contribution in [2.45, 2.75) is 19.4 Å². The van der Waals surface area contributed by atoms with Gasteiger partial charge in [-0.05, 0) is 24.6 Å². The van der Waals surface area contributed by atoms with Crippen molar-refractivity contribution in [2.24, 2.45) is 4.99 Å². The molecular weight excluding hydrogens is 378 g/mol. The second kappa shape index (κ2) is 8.20. The molecule has 6 nitrogen and oxygen atoms in total. The first-order chi connectivity index (χ1) is 12.0. The smallest absolute Gasteiger partial charge is 0.329 e. The summed E-state index contributed by atoms with van der Waals surface area (Å²) in [7, 11) is 0. The molecular formula is C16H17N3O3S3. The number of fused-ring (bicyclic) bond motifs is 1. The molecule has 1 aliphatic rings. The lowest BCUT2D eigenvalue weighted by molar-refractivity contribution is -0.137. The first-order valence-electron chi connectivity index (χ1n) is 7.74. The number of hydrogen-bond donors (Lipinski definition) is 2. The van der Waals surface area contributed by atoms with Crippen LogP contribution >= 0.6 is 34.9 Å². The van der Waals surface area contributed by atoms with Gasteiger partial charge in [-0.2, -0.15) is 0 Å². The maximum Gasteiger partial charge on any atom is 0.329 e. The van der Waals surface area contributed by atoms with E-state index in [1.54, 1.807) is 6.92 Å². The summed E-state index contributed by atoms with van der Waals surface area (Å²) in [6.07, 6.45) is 0.917. The van der Waals surface area contributed by atoms with Crippen LogP contribution in [-0.4, -0.2) is 50.3 Å². The second-order valence-corrected chi connectivity index (χ2v) is 8.73. The molecule has 2 aromatic rings. The van der Waals surface area contributed by atoms with E-state index in [2.05, 4.69) is 15.3 Å². The molecule has 1 aliphatic heterocycles. The predicted molar refractivity (Wildman–Crippen MR) is 106 cm³/mol. The number of nitrogens with zero attached hydrogens (tertiary/aromatic N) is 2. The maximum absolute atomic E-state index is 11.0. The molecule has 0 aliphatic carbocycles. The van der Waals surface area contributed by atoms with Gasteiger partial charge in [-0.1, -0.05) is 11.8 Å². The van der Waals surface area contributed by atoms with Crippen molar-refractivity contribution >= 4 is 66.9 Å². The van der Waals surface area contributed by atoms with Crippen LogP contribution < -0.4 is 5.32 Å². The average molecular weight is 396 g/mol. The number of carboxylic acid groups (broad SMARTS) is 1. The van der Waals surface area contributed by atoms with Crippen molar-refractivity contribution in [1.29, 1.82) is 0 Å². The van der Waals surface area contributed by atoms with Crippen LogP contribution in [0.2, 0.25) is 0 Å². The molecule has 0 unspecified atom stereocenters. The van der Waals surface area contributed by atoms with Crippen molar-refractivity contribution < 1.29 is 14.7 Å². The summed E-state index contributed by atoms with van der Waals surface area (Å²) >= 11 is 4.31. The first-order valence-corrected chi connectivity index (χ1v) is 10.5. The number of hydrogen-bond acceptors (Lipinski definition) is 8. The molecule has 0 saturated carbocycles. The summed E-state index contributed by atoms with van der Waals surface area (Å²) in [5, 5.41) is 14.0. The maximum atomic E-state index is 11.0. The van der Waals surface area contributed by atoms with E-state index >= 15 is 0 Å². The molecule has 0 radical (unpaired) electrons. The molecule has 9 heteroatoms. The average Bonchev–Trinajstić information content (AvgIpc) is 3.20. The van der Waals surface area contributed by atoms with Crippen molar-refractivity contribution in [2.75, 3.05) is 23.4 Å². The molecule has 0 saturated heterocycles. The number of thioether (sulfide) groups is 2. The third-order valence-electron chi connectivity index (χ3n) is 3.46. The Morgan fingerprint density at radius 1 is 1.44 bits per heavy atom. The molecule has 2 N–H and O–H groups in total. The van der Waals surface area contributed by atoms with E-state index in [1.165, 1.54) is 34.9 Å². The molecule has 25 heavy (non-hydrogen) atoms. The topological polar surface area (TPSA) is 91.7 Å². The number of rotatable bonds is 7. The standard InChI is InChI=1S/C16H17N3O3S3/c1-9(20)23-6-2-5-17-10-3-4-11-13(7-10)25-15(18-11)14-19-12(8-24-14)16(21)22/h3-4,7,12,17H,2,5-6,8H2,1H3,(H,21,22)/t12-/m1/s1. The van der Waals surface area contributed by atoms with Crippen LogP contribution in [0.15, 0.2) is 23.2 Å². The van der Waals surface area contributed by atoms with E-state index in [4.69, 9.17) is 5.11 Å². The number of aromatic nitrogens is 1. The van der Waals surface area contributed by atoms with Gasteiger partial charge in [0.05, 0.1) is 10.2 Å². The number of aliphatic imine (C=N–C) groups is 1. The quantitative estimate of drug-likeness (QED) is 0.695. The van der Waals surface area contributed by atoms with E-state index in [1.807, 2.05) is 18.2 Å². The minimum Gasteiger partial charge on any atom is -0.480 e. The number of anilines is 1. The van der Waals surface area contributed by atoms with Crippen molar-refractivity contribution in [3.63, 3.8) is 0 Å². The molecule has 132 valence electrons. The monoisotopic (exact) mass is 395 g/mol. The zero-order chi connectivity index (χ0) is 17.8. The van der Waals surface area contributed by atoms with E-state index in [9.17, 15) is 9.59 Å². The number of nitrogens with one attached hydrogen (secondary N) is 1. The highest BCUT2D eigenvalue weighted by Crippen LogP contribution is 2.31. The number of aliphatic carboxylic acids is 1. The molecule has 1 aromatic heterocycles. The first kappa shape index (κ1) is 18.2. The van der Waals surface area contributed by atoms with Crippen LogP contribution in [0, 0.1) is 0 Å². The van der Waals surface area contributed by atoms with Gasteiger partial charge in [0.25, 0.3) is 0 Å². The van der Waals surface area contributed by atoms with Crippen LogP contribution in [-0.2, 0) is 9.59 Å². The van der Waals surface area contributed by atoms with Gasteiger partial charge < -0.3 is 10.4 Å². The number of thiazole rings is 1. The Kier molecular flexibility index (Phi) is 5.98. The Labute approximate surface area is 157 Å². The third-order valence-corrected chi connectivity index (χ3v) is 6.57. The Morgan fingerprint density at radius 2 is 2.28 bits per heavy atom. The number of carboxylic acids is 1. The van der Waals surface area contributed by atoms with Crippen molar-refractivity contribution in [1.82, 2.24) is 4.98 Å². The lowest BCUT2D eigenvalue weighted by atomic mass is 10.3. The molecule has 2 heterocycles. The fourth-order valence-electron chi connectivity index (χ4n) is 2.26. The zero-order valence-electron chi connectivity index (χ0n) is 13.5. The second-order valence-electron chi connectivity index (χ2n) is 5.42. The van der Waals surface area contributed by atoms with Crippen molar-refractivity contribution in [3.8, 4) is 0 Å². The van der Waals surface area contributed by atoms with Gasteiger partial charge in [-0.15, -0.1) is 23.1 Å². The van der Waals surface area contributed by atoms with Crippen LogP contribution in [0.5, 0.6) is 0 Å². The van der Waals surface area contributed by atoms with Gasteiger partial charge in [-0.25, -0.2) is 9.78 Å². The zero-order valence-corrected chi connectivity index (χ0v) is 16.0. The molecule has 0 spiro atoms. The summed E-state index contributed by atoms with van der Waals surface area (Å²) in [4.78, 5) is 30.7. The fraction of sp³-hybridized carbons (Fsp3) is 0.375. The Morgan fingerprint density at radius 3 is 3.00 bits per heavy atom. The highest BCUT2D eigenvalue weighted by atomic mass is 32.2. The van der Waals surface area contributed by atoms with Gasteiger partial charge in [0.1, 0.15) is 10.1 Å². The fourth-order valence-corrected chi connectivity index (χ4v) is 4.94. The highest BCUT2D eigenvalue weighted by molar-refractivity contribution is 8.15. The molecule has 1 atom stereocenters. The summed E-state index contributed by atoms with van der Waals surface area (Å²) in [5.74, 6) is 0.390. The SMILES string of the molecule is CC(=O)SCCCNc1ccc2nc(C3=N[C@@H](C(=O)O)CS3)sc2c1. The molecule has 0 amide bonds. The summed E-state index contributed by atoms with van der Waals surface area (Å²) in [6.45, 7) is 2.39. The highest BCUT2D eigenvalue weighted by Gasteiger charge is 2.26. The lowest BCUT2D eigenvalue weighted by Gasteiger charge is -2.05. The van der Waals surface area contributed by atoms with Crippen LogP contribution in [0.3, 0.4) is 0 Å². The predicted octanol–water partition coefficient (Wildman–Crippen LogP) is 3.32. The molecule has 0 fully saturated rings. The minimum absolute atomic E-state index is 0.149. The van der Waals surface area contributed by atoms with E-state index < -0.39 is 12.0 Å². The van der Waals surface area contributed by atoms with Gasteiger partial charge in [0.15, 0.2) is 11.2 Å². The van der Waals surface area contributed by atoms with Gasteiger partial charge >= 0.3 is 5.97 Å². The van der Waals surface area contributed by atoms with Crippen LogP contribution in [0.25, 0.3) is 10.2 Å². The summed E-state index contributed by atoms with van der Waals surface area (Å²) in [6, 6.07) is 5.31. The van der Waals surface area contributed by atoms with E-state index in [-0.39, 0.29) is 5.12 Å². The molecule has 1 aromatic carbocycles. The van der Waals surface area contributed by atoms with E-state index in [0.29, 0.717) is 10.8 Å². The van der Waals surface area contributed by atoms with E-state index in [0.717, 1.165) is 39.6 Å². The Bertz CT molecular complexity index is 834. The normalized spacial score (nSPS) is 16.8. The van der Waals surface area contributed by atoms with Crippen molar-refractivity contribution in [3.05, 3.63) is 23.2 Å².